The largest absolute Gasteiger partial charge is 0.315 e. The second kappa shape index (κ2) is 3.38. The summed E-state index contributed by atoms with van der Waals surface area (Å²) in [5.41, 5.74) is 1.03. The summed E-state index contributed by atoms with van der Waals surface area (Å²) in [5.74, 6) is 0. The molecule has 1 aliphatic heterocycles. The van der Waals surface area contributed by atoms with Gasteiger partial charge in [-0.25, -0.2) is 4.68 Å². The Labute approximate surface area is 76.9 Å². The molecule has 2 rings (SSSR count). The Hall–Kier alpha value is -1.03. The summed E-state index contributed by atoms with van der Waals surface area (Å²) in [5, 5.41) is 6.37. The highest BCUT2D eigenvalue weighted by Crippen LogP contribution is 2.13. The third kappa shape index (κ3) is 1.67. The summed E-state index contributed by atoms with van der Waals surface area (Å²) in [4.78, 5) is 11.4. The van der Waals surface area contributed by atoms with Gasteiger partial charge >= 0.3 is 0 Å². The van der Waals surface area contributed by atoms with Gasteiger partial charge < -0.3 is 5.32 Å². The van der Waals surface area contributed by atoms with E-state index in [1.165, 1.54) is 0 Å². The normalized spacial score (nSPS) is 23.3. The van der Waals surface area contributed by atoms with Crippen LogP contribution >= 0.6 is 0 Å². The zero-order valence-electron chi connectivity index (χ0n) is 7.84. The van der Waals surface area contributed by atoms with Crippen LogP contribution < -0.4 is 10.9 Å². The van der Waals surface area contributed by atoms with Crippen molar-refractivity contribution in [2.24, 2.45) is 0 Å². The molecule has 0 amide bonds. The van der Waals surface area contributed by atoms with Gasteiger partial charge in [-0.3, -0.25) is 9.89 Å². The third-order valence-electron chi connectivity index (χ3n) is 2.51. The third-order valence-corrected chi connectivity index (χ3v) is 2.51. The lowest BCUT2D eigenvalue weighted by Crippen LogP contribution is -2.35. The van der Waals surface area contributed by atoms with Gasteiger partial charge in [0.05, 0.1) is 6.04 Å². The van der Waals surface area contributed by atoms with Gasteiger partial charge in [-0.2, -0.15) is 0 Å². The van der Waals surface area contributed by atoms with E-state index in [1.807, 2.05) is 6.92 Å². The van der Waals surface area contributed by atoms with Crippen molar-refractivity contribution in [1.29, 1.82) is 0 Å². The number of nitrogens with zero attached hydrogens (tertiary/aromatic N) is 1. The fourth-order valence-electron chi connectivity index (χ4n) is 1.86. The Morgan fingerprint density at radius 1 is 1.62 bits per heavy atom. The topological polar surface area (TPSA) is 49.8 Å². The van der Waals surface area contributed by atoms with Crippen LogP contribution in [0.1, 0.15) is 24.6 Å². The first kappa shape index (κ1) is 8.56. The number of aromatic amines is 1. The lowest BCUT2D eigenvalue weighted by Gasteiger charge is -2.23. The molecule has 0 radical (unpaired) electrons. The first-order valence-electron chi connectivity index (χ1n) is 4.76. The van der Waals surface area contributed by atoms with Gasteiger partial charge in [-0.1, -0.05) is 0 Å². The number of hydrogen-bond acceptors (Lipinski definition) is 2. The quantitative estimate of drug-likeness (QED) is 0.659. The molecule has 0 bridgehead atoms. The molecule has 72 valence electrons. The minimum Gasteiger partial charge on any atom is -0.315 e. The maximum absolute atomic E-state index is 11.4. The van der Waals surface area contributed by atoms with E-state index in [4.69, 9.17) is 0 Å². The van der Waals surface area contributed by atoms with Gasteiger partial charge in [0.15, 0.2) is 0 Å². The molecule has 0 aromatic carbocycles. The Morgan fingerprint density at radius 3 is 3.00 bits per heavy atom. The van der Waals surface area contributed by atoms with Gasteiger partial charge in [-0.15, -0.1) is 0 Å². The summed E-state index contributed by atoms with van der Waals surface area (Å²) < 4.78 is 1.74. The summed E-state index contributed by atoms with van der Waals surface area (Å²) in [6.07, 6.45) is 2.24. The molecule has 2 heterocycles. The Balaban J connectivity index is 2.23. The molecule has 1 aromatic heterocycles. The minimum absolute atomic E-state index is 0.0891. The van der Waals surface area contributed by atoms with E-state index in [0.29, 0.717) is 6.04 Å². The van der Waals surface area contributed by atoms with Crippen LogP contribution in [0, 0.1) is 6.92 Å². The van der Waals surface area contributed by atoms with Crippen molar-refractivity contribution in [3.05, 3.63) is 22.1 Å². The van der Waals surface area contributed by atoms with Crippen LogP contribution in [0.4, 0.5) is 0 Å². The van der Waals surface area contributed by atoms with E-state index in [-0.39, 0.29) is 5.56 Å². The highest BCUT2D eigenvalue weighted by molar-refractivity contribution is 4.97. The van der Waals surface area contributed by atoms with E-state index in [0.717, 1.165) is 31.6 Å². The number of hydrogen-bond donors (Lipinski definition) is 2. The molecule has 1 saturated heterocycles. The Kier molecular flexibility index (Phi) is 2.22. The van der Waals surface area contributed by atoms with Crippen molar-refractivity contribution in [2.45, 2.75) is 25.8 Å². The van der Waals surface area contributed by atoms with Crippen molar-refractivity contribution in [3.8, 4) is 0 Å². The predicted octanol–water partition coefficient (Wildman–Crippen LogP) is 0.409. The van der Waals surface area contributed by atoms with Crippen LogP contribution in [0.25, 0.3) is 0 Å². The van der Waals surface area contributed by atoms with E-state index in [1.54, 1.807) is 10.7 Å². The maximum Gasteiger partial charge on any atom is 0.267 e. The summed E-state index contributed by atoms with van der Waals surface area (Å²) in [6.45, 7) is 3.89. The van der Waals surface area contributed by atoms with E-state index >= 15 is 0 Å². The van der Waals surface area contributed by atoms with Crippen LogP contribution in [-0.2, 0) is 0 Å². The Bertz CT molecular complexity index is 333. The first-order valence-corrected chi connectivity index (χ1v) is 4.76. The standard InChI is InChI=1S/C9H15N3O/c1-7-5-9(13)12(11-7)8-3-2-4-10-6-8/h5,8,10-11H,2-4,6H2,1H3/t8-/m1/s1. The van der Waals surface area contributed by atoms with Crippen molar-refractivity contribution in [3.63, 3.8) is 0 Å². The molecular weight excluding hydrogens is 166 g/mol. The molecule has 0 spiro atoms. The lowest BCUT2D eigenvalue weighted by atomic mass is 10.1. The molecule has 1 atom stereocenters. The summed E-state index contributed by atoms with van der Waals surface area (Å²) >= 11 is 0. The molecule has 13 heavy (non-hydrogen) atoms. The molecular formula is C9H15N3O. The molecule has 1 aliphatic rings. The van der Waals surface area contributed by atoms with Crippen molar-refractivity contribution < 1.29 is 0 Å². The highest BCUT2D eigenvalue weighted by Gasteiger charge is 2.16. The number of rotatable bonds is 1. The summed E-state index contributed by atoms with van der Waals surface area (Å²) in [7, 11) is 0. The van der Waals surface area contributed by atoms with Gasteiger partial charge in [0.2, 0.25) is 0 Å². The van der Waals surface area contributed by atoms with E-state index in [9.17, 15) is 4.79 Å². The average molecular weight is 181 g/mol. The molecule has 0 unspecified atom stereocenters. The van der Waals surface area contributed by atoms with E-state index < -0.39 is 0 Å². The van der Waals surface area contributed by atoms with Gasteiger partial charge in [-0.05, 0) is 26.3 Å². The lowest BCUT2D eigenvalue weighted by molar-refractivity contribution is 0.339. The van der Waals surface area contributed by atoms with Crippen molar-refractivity contribution in [2.75, 3.05) is 13.1 Å². The Morgan fingerprint density at radius 2 is 2.46 bits per heavy atom. The van der Waals surface area contributed by atoms with E-state index in [2.05, 4.69) is 10.4 Å². The molecule has 1 fully saturated rings. The minimum atomic E-state index is 0.0891. The first-order chi connectivity index (χ1) is 6.27. The molecule has 0 saturated carbocycles. The molecule has 4 nitrogen and oxygen atoms in total. The van der Waals surface area contributed by atoms with Crippen LogP contribution in [0.3, 0.4) is 0 Å². The SMILES string of the molecule is Cc1cc(=O)n([C@@H]2CCCNC2)[nH]1. The zero-order chi connectivity index (χ0) is 9.26. The molecule has 4 heteroatoms. The highest BCUT2D eigenvalue weighted by atomic mass is 16.1. The smallest absolute Gasteiger partial charge is 0.267 e. The van der Waals surface area contributed by atoms with Gasteiger partial charge in [0, 0.05) is 18.3 Å². The van der Waals surface area contributed by atoms with Gasteiger partial charge in [0.25, 0.3) is 5.56 Å². The predicted molar refractivity (Wildman–Crippen MR) is 50.9 cm³/mol. The van der Waals surface area contributed by atoms with Gasteiger partial charge in [0.1, 0.15) is 0 Å². The van der Waals surface area contributed by atoms with Crippen LogP contribution in [-0.4, -0.2) is 22.9 Å². The second-order valence-corrected chi connectivity index (χ2v) is 3.65. The number of aryl methyl sites for hydroxylation is 1. The maximum atomic E-state index is 11.4. The zero-order valence-corrected chi connectivity index (χ0v) is 7.84. The molecule has 0 aliphatic carbocycles. The average Bonchev–Trinajstić information content (AvgIpc) is 2.47. The van der Waals surface area contributed by atoms with Crippen molar-refractivity contribution in [1.82, 2.24) is 15.1 Å². The van der Waals surface area contributed by atoms with Crippen LogP contribution in [0.5, 0.6) is 0 Å². The number of nitrogens with one attached hydrogen (secondary N) is 2. The molecule has 1 aromatic rings. The monoisotopic (exact) mass is 181 g/mol. The van der Waals surface area contributed by atoms with Crippen LogP contribution in [0.2, 0.25) is 0 Å². The number of piperidine rings is 1. The fourth-order valence-corrected chi connectivity index (χ4v) is 1.86. The summed E-state index contributed by atoms with van der Waals surface area (Å²) in [6, 6.07) is 1.96. The number of H-pyrrole nitrogens is 1. The van der Waals surface area contributed by atoms with Crippen LogP contribution in [0.15, 0.2) is 10.9 Å². The molecule has 2 N–H and O–H groups in total. The number of aromatic nitrogens is 2. The van der Waals surface area contributed by atoms with Crippen molar-refractivity contribution >= 4 is 0 Å². The fraction of sp³-hybridized carbons (Fsp3) is 0.667. The second-order valence-electron chi connectivity index (χ2n) is 3.65.